The van der Waals surface area contributed by atoms with Gasteiger partial charge in [0, 0.05) is 11.6 Å². The lowest BCUT2D eigenvalue weighted by Gasteiger charge is -2.16. The molecule has 1 aliphatic carbocycles. The third-order valence-corrected chi connectivity index (χ3v) is 5.02. The second-order valence-electron chi connectivity index (χ2n) is 6.17. The molecule has 3 rings (SSSR count). The Labute approximate surface area is 160 Å². The summed E-state index contributed by atoms with van der Waals surface area (Å²) in [6.07, 6.45) is 2.02. The van der Waals surface area contributed by atoms with Crippen LogP contribution in [0, 0.1) is 5.82 Å². The van der Waals surface area contributed by atoms with Gasteiger partial charge in [0.15, 0.2) is 0 Å². The van der Waals surface area contributed by atoms with Gasteiger partial charge in [0.25, 0.3) is 0 Å². The van der Waals surface area contributed by atoms with Gasteiger partial charge in [-0.05, 0) is 64.4 Å². The lowest BCUT2D eigenvalue weighted by molar-refractivity contribution is 0.120. The van der Waals surface area contributed by atoms with Gasteiger partial charge in [0.1, 0.15) is 23.9 Å². The van der Waals surface area contributed by atoms with Gasteiger partial charge in [0.05, 0.1) is 11.6 Å². The molecule has 4 nitrogen and oxygen atoms in total. The first-order chi connectivity index (χ1) is 12.5. The molecule has 0 radical (unpaired) electrons. The van der Waals surface area contributed by atoms with Crippen molar-refractivity contribution in [3.05, 3.63) is 57.3 Å². The minimum Gasteiger partial charge on any atom is -0.487 e. The Bertz CT molecular complexity index is 818. The van der Waals surface area contributed by atoms with Crippen molar-refractivity contribution in [2.75, 3.05) is 7.11 Å². The van der Waals surface area contributed by atoms with Gasteiger partial charge in [0.2, 0.25) is 0 Å². The van der Waals surface area contributed by atoms with E-state index in [-0.39, 0.29) is 12.4 Å². The molecule has 0 aromatic heterocycles. The maximum Gasteiger partial charge on any atom is 0.513 e. The van der Waals surface area contributed by atoms with Crippen LogP contribution in [0.25, 0.3) is 0 Å². The summed E-state index contributed by atoms with van der Waals surface area (Å²) in [5.74, 6) is 0.960. The van der Waals surface area contributed by atoms with Crippen molar-refractivity contribution in [3.8, 4) is 11.5 Å². The van der Waals surface area contributed by atoms with Gasteiger partial charge >= 0.3 is 6.16 Å². The molecule has 138 valence electrons. The van der Waals surface area contributed by atoms with Crippen LogP contribution in [0.1, 0.15) is 42.4 Å². The van der Waals surface area contributed by atoms with Crippen LogP contribution in [0.4, 0.5) is 9.18 Å². The van der Waals surface area contributed by atoms with Gasteiger partial charge in [-0.2, -0.15) is 0 Å². The van der Waals surface area contributed by atoms with E-state index in [1.807, 2.05) is 19.1 Å². The van der Waals surface area contributed by atoms with E-state index in [0.29, 0.717) is 33.9 Å². The quantitative estimate of drug-likeness (QED) is 0.438. The first-order valence-electron chi connectivity index (χ1n) is 8.51. The molecule has 0 heterocycles. The van der Waals surface area contributed by atoms with Gasteiger partial charge in [-0.3, -0.25) is 0 Å². The number of rotatable bonds is 6. The molecule has 0 spiro atoms. The van der Waals surface area contributed by atoms with Crippen LogP contribution in [-0.2, 0) is 17.8 Å². The fourth-order valence-electron chi connectivity index (χ4n) is 2.84. The van der Waals surface area contributed by atoms with Crippen molar-refractivity contribution in [1.29, 1.82) is 0 Å². The number of halogens is 2. The summed E-state index contributed by atoms with van der Waals surface area (Å²) in [7, 11) is 1.26. The number of hydrogen-bond donors (Lipinski definition) is 0. The Balaban J connectivity index is 1.87. The summed E-state index contributed by atoms with van der Waals surface area (Å²) in [5, 5.41) is 0. The summed E-state index contributed by atoms with van der Waals surface area (Å²) in [6, 6.07) is 8.67. The van der Waals surface area contributed by atoms with E-state index < -0.39 is 6.16 Å². The highest BCUT2D eigenvalue weighted by Crippen LogP contribution is 2.44. The molecule has 1 saturated carbocycles. The molecule has 1 fully saturated rings. The Kier molecular flexibility index (Phi) is 5.81. The van der Waals surface area contributed by atoms with E-state index in [1.165, 1.54) is 13.2 Å². The predicted octanol–water partition coefficient (Wildman–Crippen LogP) is 5.75. The van der Waals surface area contributed by atoms with Crippen molar-refractivity contribution in [2.45, 2.75) is 38.7 Å². The van der Waals surface area contributed by atoms with Crippen LogP contribution in [0.2, 0.25) is 0 Å². The molecule has 0 aliphatic heterocycles. The molecule has 2 aromatic rings. The Morgan fingerprint density at radius 3 is 2.69 bits per heavy atom. The maximum atomic E-state index is 14.1. The first kappa shape index (κ1) is 18.7. The van der Waals surface area contributed by atoms with Crippen molar-refractivity contribution in [2.24, 2.45) is 0 Å². The maximum absolute atomic E-state index is 14.1. The molecular formula is C20H20BrFO4. The fraction of sp³-hybridized carbons (Fsp3) is 0.350. The van der Waals surface area contributed by atoms with Crippen molar-refractivity contribution in [3.63, 3.8) is 0 Å². The predicted molar refractivity (Wildman–Crippen MR) is 99.3 cm³/mol. The third-order valence-electron chi connectivity index (χ3n) is 4.40. The number of carbonyl (C=O) groups excluding carboxylic acids is 1. The molecule has 0 amide bonds. The van der Waals surface area contributed by atoms with Crippen LogP contribution >= 0.6 is 15.9 Å². The van der Waals surface area contributed by atoms with Crippen LogP contribution in [-0.4, -0.2) is 13.3 Å². The van der Waals surface area contributed by atoms with Crippen molar-refractivity contribution < 1.29 is 23.4 Å². The third kappa shape index (κ3) is 4.18. The van der Waals surface area contributed by atoms with Gasteiger partial charge < -0.3 is 14.2 Å². The smallest absolute Gasteiger partial charge is 0.487 e. The number of carbonyl (C=O) groups is 1. The first-order valence-corrected chi connectivity index (χ1v) is 9.31. The Morgan fingerprint density at radius 2 is 2.04 bits per heavy atom. The molecule has 1 aliphatic rings. The normalized spacial score (nSPS) is 13.4. The number of benzene rings is 2. The molecule has 0 saturated heterocycles. The van der Waals surface area contributed by atoms with E-state index in [1.54, 1.807) is 12.1 Å². The molecular weight excluding hydrogens is 403 g/mol. The standard InChI is InChI=1S/C20H20BrFO4/c1-3-12-9-16(21)19(10-17(12)22)25-11-15-14(13-7-8-13)5-4-6-18(15)26-20(23)24-2/h4-6,9-10,13H,3,7-8,11H2,1-2H3. The Morgan fingerprint density at radius 1 is 1.27 bits per heavy atom. The van der Waals surface area contributed by atoms with Gasteiger partial charge in [-0.15, -0.1) is 0 Å². The van der Waals surface area contributed by atoms with E-state index in [0.717, 1.165) is 24.0 Å². The molecule has 0 unspecified atom stereocenters. The zero-order valence-corrected chi connectivity index (χ0v) is 16.3. The topological polar surface area (TPSA) is 44.8 Å². The number of aryl methyl sites for hydroxylation is 1. The second kappa shape index (κ2) is 8.08. The summed E-state index contributed by atoms with van der Waals surface area (Å²) < 4.78 is 30.5. The molecule has 0 atom stereocenters. The highest BCUT2D eigenvalue weighted by atomic mass is 79.9. The summed E-state index contributed by atoms with van der Waals surface area (Å²) >= 11 is 3.43. The van der Waals surface area contributed by atoms with Crippen molar-refractivity contribution >= 4 is 22.1 Å². The molecule has 0 N–H and O–H groups in total. The van der Waals surface area contributed by atoms with Gasteiger partial charge in [-0.25, -0.2) is 9.18 Å². The average molecular weight is 423 g/mol. The van der Waals surface area contributed by atoms with E-state index >= 15 is 0 Å². The van der Waals surface area contributed by atoms with Crippen molar-refractivity contribution in [1.82, 2.24) is 0 Å². The minimum atomic E-state index is -0.779. The second-order valence-corrected chi connectivity index (χ2v) is 7.02. The number of ether oxygens (including phenoxy) is 3. The molecule has 2 aromatic carbocycles. The summed E-state index contributed by atoms with van der Waals surface area (Å²) in [6.45, 7) is 2.07. The lowest BCUT2D eigenvalue weighted by Crippen LogP contribution is -2.11. The zero-order valence-electron chi connectivity index (χ0n) is 14.7. The van der Waals surface area contributed by atoms with Crippen LogP contribution in [0.3, 0.4) is 0 Å². The Hall–Kier alpha value is -2.08. The largest absolute Gasteiger partial charge is 0.513 e. The van der Waals surface area contributed by atoms with Gasteiger partial charge in [-0.1, -0.05) is 19.1 Å². The van der Waals surface area contributed by atoms with E-state index in [9.17, 15) is 9.18 Å². The number of methoxy groups -OCH3 is 1. The highest BCUT2D eigenvalue weighted by molar-refractivity contribution is 9.10. The monoisotopic (exact) mass is 422 g/mol. The molecule has 26 heavy (non-hydrogen) atoms. The van der Waals surface area contributed by atoms with Crippen LogP contribution in [0.5, 0.6) is 11.5 Å². The molecule has 0 bridgehead atoms. The van der Waals surface area contributed by atoms with Crippen LogP contribution < -0.4 is 9.47 Å². The average Bonchev–Trinajstić information content (AvgIpc) is 3.47. The fourth-order valence-corrected chi connectivity index (χ4v) is 3.35. The minimum absolute atomic E-state index is 0.169. The molecule has 6 heteroatoms. The lowest BCUT2D eigenvalue weighted by atomic mass is 10.0. The van der Waals surface area contributed by atoms with E-state index in [2.05, 4.69) is 20.7 Å². The highest BCUT2D eigenvalue weighted by Gasteiger charge is 2.28. The summed E-state index contributed by atoms with van der Waals surface area (Å²) in [5.41, 5.74) is 2.50. The number of hydrogen-bond acceptors (Lipinski definition) is 4. The van der Waals surface area contributed by atoms with Crippen LogP contribution in [0.15, 0.2) is 34.8 Å². The van der Waals surface area contributed by atoms with E-state index in [4.69, 9.17) is 9.47 Å². The zero-order chi connectivity index (χ0) is 18.7. The SMILES string of the molecule is CCc1cc(Br)c(OCc2c(OC(=O)OC)cccc2C2CC2)cc1F. The summed E-state index contributed by atoms with van der Waals surface area (Å²) in [4.78, 5) is 11.5.